The number of ether oxygens (including phenoxy) is 3. The maximum Gasteiger partial charge on any atom is 0.371 e. The summed E-state index contributed by atoms with van der Waals surface area (Å²) in [7, 11) is 0. The van der Waals surface area contributed by atoms with Gasteiger partial charge in [-0.05, 0) is 6.58 Å². The SMILES string of the molecule is C=CC(=O)OC=CC(=O)OC=CC(=O)OC(=C)C(=O)O. The van der Waals surface area contributed by atoms with E-state index in [0.717, 1.165) is 18.4 Å². The zero-order valence-corrected chi connectivity index (χ0v) is 10.1. The predicted octanol–water partition coefficient (Wildman–Crippen LogP) is 0.428. The van der Waals surface area contributed by atoms with Crippen LogP contribution in [0.5, 0.6) is 0 Å². The number of esters is 3. The van der Waals surface area contributed by atoms with E-state index in [0.29, 0.717) is 12.3 Å². The van der Waals surface area contributed by atoms with Crippen LogP contribution in [0.2, 0.25) is 0 Å². The van der Waals surface area contributed by atoms with Crippen molar-refractivity contribution in [2.75, 3.05) is 0 Å². The summed E-state index contributed by atoms with van der Waals surface area (Å²) in [6, 6.07) is 0. The van der Waals surface area contributed by atoms with Gasteiger partial charge in [0.05, 0.1) is 12.2 Å². The topological polar surface area (TPSA) is 116 Å². The van der Waals surface area contributed by atoms with Gasteiger partial charge in [-0.25, -0.2) is 19.2 Å². The van der Waals surface area contributed by atoms with Crippen molar-refractivity contribution in [3.8, 4) is 0 Å². The fourth-order valence-corrected chi connectivity index (χ4v) is 0.600. The van der Waals surface area contributed by atoms with Gasteiger partial charge in [-0.3, -0.25) is 0 Å². The van der Waals surface area contributed by atoms with Gasteiger partial charge in [0.1, 0.15) is 12.5 Å². The largest absolute Gasteiger partial charge is 0.475 e. The molecule has 106 valence electrons. The molecule has 8 heteroatoms. The van der Waals surface area contributed by atoms with Crippen molar-refractivity contribution in [3.05, 3.63) is 49.7 Å². The third-order valence-electron chi connectivity index (χ3n) is 1.41. The summed E-state index contributed by atoms with van der Waals surface area (Å²) >= 11 is 0. The summed E-state index contributed by atoms with van der Waals surface area (Å²) in [6.07, 6.45) is 3.76. The van der Waals surface area contributed by atoms with Gasteiger partial charge in [0.15, 0.2) is 0 Å². The highest BCUT2D eigenvalue weighted by atomic mass is 16.6. The summed E-state index contributed by atoms with van der Waals surface area (Å²) in [5, 5.41) is 8.36. The Morgan fingerprint density at radius 3 is 1.90 bits per heavy atom. The van der Waals surface area contributed by atoms with Crippen molar-refractivity contribution in [1.29, 1.82) is 0 Å². The molecule has 0 aliphatic heterocycles. The number of carbonyl (C=O) groups excluding carboxylic acids is 3. The first kappa shape index (κ1) is 16.8. The Morgan fingerprint density at radius 2 is 1.40 bits per heavy atom. The Labute approximate surface area is 113 Å². The van der Waals surface area contributed by atoms with Crippen LogP contribution in [0.25, 0.3) is 0 Å². The monoisotopic (exact) mass is 282 g/mol. The molecule has 0 saturated carbocycles. The molecule has 0 saturated heterocycles. The van der Waals surface area contributed by atoms with Gasteiger partial charge in [-0.15, -0.1) is 0 Å². The third-order valence-corrected chi connectivity index (χ3v) is 1.41. The van der Waals surface area contributed by atoms with E-state index in [1.807, 2.05) is 0 Å². The smallest absolute Gasteiger partial charge is 0.371 e. The Hall–Kier alpha value is -3.16. The lowest BCUT2D eigenvalue weighted by Crippen LogP contribution is -2.08. The number of hydrogen-bond acceptors (Lipinski definition) is 7. The van der Waals surface area contributed by atoms with E-state index in [-0.39, 0.29) is 0 Å². The summed E-state index contributed by atoms with van der Waals surface area (Å²) in [5.41, 5.74) is 0. The molecule has 1 N–H and O–H groups in total. The van der Waals surface area contributed by atoms with Crippen LogP contribution in [0.1, 0.15) is 0 Å². The van der Waals surface area contributed by atoms with Crippen molar-refractivity contribution in [2.24, 2.45) is 0 Å². The summed E-state index contributed by atoms with van der Waals surface area (Å²) in [6.45, 7) is 6.08. The molecule has 20 heavy (non-hydrogen) atoms. The van der Waals surface area contributed by atoms with E-state index in [1.54, 1.807) is 0 Å². The minimum Gasteiger partial charge on any atom is -0.475 e. The van der Waals surface area contributed by atoms with Crippen LogP contribution in [0, 0.1) is 0 Å². The predicted molar refractivity (Wildman–Crippen MR) is 63.5 cm³/mol. The van der Waals surface area contributed by atoms with Gasteiger partial charge in [-0.2, -0.15) is 0 Å². The summed E-state index contributed by atoms with van der Waals surface area (Å²) in [5.74, 6) is -5.08. The lowest BCUT2D eigenvalue weighted by atomic mass is 10.5. The third kappa shape index (κ3) is 8.01. The first-order valence-electron chi connectivity index (χ1n) is 4.87. The highest BCUT2D eigenvalue weighted by Crippen LogP contribution is 1.95. The van der Waals surface area contributed by atoms with Crippen molar-refractivity contribution < 1.29 is 38.5 Å². The lowest BCUT2D eigenvalue weighted by Gasteiger charge is -1.98. The number of carboxylic acids is 1. The van der Waals surface area contributed by atoms with Crippen molar-refractivity contribution in [2.45, 2.75) is 0 Å². The minimum absolute atomic E-state index is 0.662. The number of rotatable bonds is 7. The van der Waals surface area contributed by atoms with Crippen LogP contribution in [-0.2, 0) is 33.4 Å². The fraction of sp³-hybridized carbons (Fsp3) is 0. The summed E-state index contributed by atoms with van der Waals surface area (Å²) < 4.78 is 12.9. The number of aliphatic carboxylic acids is 1. The van der Waals surface area contributed by atoms with E-state index < -0.39 is 29.6 Å². The van der Waals surface area contributed by atoms with Crippen molar-refractivity contribution in [1.82, 2.24) is 0 Å². The van der Waals surface area contributed by atoms with E-state index in [4.69, 9.17) is 5.11 Å². The van der Waals surface area contributed by atoms with Gasteiger partial charge < -0.3 is 19.3 Å². The van der Waals surface area contributed by atoms with Crippen molar-refractivity contribution in [3.63, 3.8) is 0 Å². The number of carbonyl (C=O) groups is 4. The number of hydrogen-bond donors (Lipinski definition) is 1. The second-order valence-corrected chi connectivity index (χ2v) is 2.83. The maximum atomic E-state index is 11.0. The normalized spacial score (nSPS) is 10.0. The quantitative estimate of drug-likeness (QED) is 0.309. The van der Waals surface area contributed by atoms with E-state index >= 15 is 0 Å². The van der Waals surface area contributed by atoms with Crippen LogP contribution in [0.15, 0.2) is 49.7 Å². The molecule has 0 heterocycles. The maximum absolute atomic E-state index is 11.0. The van der Waals surface area contributed by atoms with Gasteiger partial charge in [0.2, 0.25) is 5.76 Å². The molecule has 0 atom stereocenters. The van der Waals surface area contributed by atoms with Crippen LogP contribution >= 0.6 is 0 Å². The molecular weight excluding hydrogens is 272 g/mol. The first-order valence-corrected chi connectivity index (χ1v) is 4.87. The average Bonchev–Trinajstić information content (AvgIpc) is 2.38. The zero-order valence-electron chi connectivity index (χ0n) is 10.1. The molecule has 0 aliphatic rings. The van der Waals surface area contributed by atoms with E-state index in [2.05, 4.69) is 27.4 Å². The molecule has 0 bridgehead atoms. The first-order chi connectivity index (χ1) is 9.36. The van der Waals surface area contributed by atoms with Gasteiger partial charge in [0, 0.05) is 6.08 Å². The Kier molecular flexibility index (Phi) is 7.46. The molecule has 0 aromatic carbocycles. The van der Waals surface area contributed by atoms with Crippen LogP contribution in [-0.4, -0.2) is 29.0 Å². The van der Waals surface area contributed by atoms with Crippen LogP contribution < -0.4 is 0 Å². The number of carboxylic acid groups (broad SMARTS) is 1. The standard InChI is InChI=1S/C12H10O8/c1-3-9(13)18-6-4-10(14)19-7-5-11(15)20-8(2)12(16)17/h3-7H,1-2H2,(H,16,17). The molecular formula is C12H10O8. The molecule has 0 radical (unpaired) electrons. The van der Waals surface area contributed by atoms with Gasteiger partial charge in [-0.1, -0.05) is 6.58 Å². The fourth-order valence-electron chi connectivity index (χ4n) is 0.600. The summed E-state index contributed by atoms with van der Waals surface area (Å²) in [4.78, 5) is 42.8. The van der Waals surface area contributed by atoms with Gasteiger partial charge in [0.25, 0.3) is 0 Å². The second-order valence-electron chi connectivity index (χ2n) is 2.83. The van der Waals surface area contributed by atoms with Crippen LogP contribution in [0.4, 0.5) is 0 Å². The van der Waals surface area contributed by atoms with Crippen LogP contribution in [0.3, 0.4) is 0 Å². The highest BCUT2D eigenvalue weighted by molar-refractivity contribution is 5.91. The molecule has 0 spiro atoms. The molecule has 0 aromatic rings. The molecule has 0 fully saturated rings. The highest BCUT2D eigenvalue weighted by Gasteiger charge is 2.08. The zero-order chi connectivity index (χ0) is 15.5. The van der Waals surface area contributed by atoms with Crippen molar-refractivity contribution >= 4 is 23.9 Å². The van der Waals surface area contributed by atoms with E-state index in [9.17, 15) is 19.2 Å². The minimum atomic E-state index is -1.50. The van der Waals surface area contributed by atoms with Gasteiger partial charge >= 0.3 is 23.9 Å². The molecule has 0 aromatic heterocycles. The van der Waals surface area contributed by atoms with E-state index in [1.165, 1.54) is 0 Å². The molecule has 0 amide bonds. The Morgan fingerprint density at radius 1 is 0.900 bits per heavy atom. The molecule has 0 rings (SSSR count). The molecule has 8 nitrogen and oxygen atoms in total. The molecule has 0 unspecified atom stereocenters. The second kappa shape index (κ2) is 8.86. The average molecular weight is 282 g/mol. The Balaban J connectivity index is 4.11. The Bertz CT molecular complexity index is 498. The molecule has 0 aliphatic carbocycles. The lowest BCUT2D eigenvalue weighted by molar-refractivity contribution is -0.145.